The molecule has 0 saturated heterocycles. The number of rotatable bonds is 6. The van der Waals surface area contributed by atoms with E-state index in [0.29, 0.717) is 6.04 Å². The van der Waals surface area contributed by atoms with Crippen LogP contribution in [0.1, 0.15) is 45.4 Å². The maximum atomic E-state index is 11.6. The van der Waals surface area contributed by atoms with Crippen LogP contribution >= 0.6 is 0 Å². The van der Waals surface area contributed by atoms with Gasteiger partial charge in [0.25, 0.3) is 0 Å². The van der Waals surface area contributed by atoms with Gasteiger partial charge in [0.1, 0.15) is 0 Å². The summed E-state index contributed by atoms with van der Waals surface area (Å²) >= 11 is 0. The number of likely N-dealkylation sites (N-methyl/N-ethyl adjacent to an activating group) is 1. The third-order valence-electron chi connectivity index (χ3n) is 3.84. The number of carbonyl (C=O) groups is 1. The van der Waals surface area contributed by atoms with Crippen molar-refractivity contribution in [3.63, 3.8) is 0 Å². The lowest BCUT2D eigenvalue weighted by molar-refractivity contribution is 0.231. The van der Waals surface area contributed by atoms with Crippen LogP contribution in [0.4, 0.5) is 4.79 Å². The molecule has 0 aromatic rings. The van der Waals surface area contributed by atoms with Crippen LogP contribution in [0.2, 0.25) is 0 Å². The molecule has 0 heterocycles. The highest BCUT2D eigenvalue weighted by Crippen LogP contribution is 2.25. The second-order valence-electron chi connectivity index (χ2n) is 5.24. The first kappa shape index (κ1) is 12.7. The Bertz CT molecular complexity index is 247. The topological polar surface area (TPSA) is 44.4 Å². The van der Waals surface area contributed by atoms with Crippen molar-refractivity contribution in [1.29, 1.82) is 0 Å². The molecule has 98 valence electrons. The zero-order chi connectivity index (χ0) is 12.1. The molecule has 0 bridgehead atoms. The summed E-state index contributed by atoms with van der Waals surface area (Å²) < 4.78 is 0. The quantitative estimate of drug-likeness (QED) is 0.741. The van der Waals surface area contributed by atoms with Crippen molar-refractivity contribution in [2.45, 2.75) is 57.5 Å². The predicted molar refractivity (Wildman–Crippen MR) is 69.1 cm³/mol. The number of amides is 2. The predicted octanol–water partition coefficient (Wildman–Crippen LogP) is 1.71. The number of nitrogens with one attached hydrogen (secondary N) is 2. The molecule has 4 heteroatoms. The molecule has 0 spiro atoms. The van der Waals surface area contributed by atoms with Gasteiger partial charge in [0.15, 0.2) is 0 Å². The van der Waals surface area contributed by atoms with E-state index in [9.17, 15) is 4.79 Å². The summed E-state index contributed by atoms with van der Waals surface area (Å²) in [6.07, 6.45) is 7.49. The molecular formula is C13H25N3O. The Kier molecular flexibility index (Phi) is 4.66. The molecular weight excluding hydrogens is 214 g/mol. The van der Waals surface area contributed by atoms with E-state index in [4.69, 9.17) is 0 Å². The number of nitrogens with zero attached hydrogens (tertiary/aromatic N) is 1. The van der Waals surface area contributed by atoms with Gasteiger partial charge in [0.2, 0.25) is 0 Å². The summed E-state index contributed by atoms with van der Waals surface area (Å²) in [5, 5.41) is 6.01. The van der Waals surface area contributed by atoms with Crippen LogP contribution < -0.4 is 10.6 Å². The van der Waals surface area contributed by atoms with E-state index in [1.165, 1.54) is 25.7 Å². The highest BCUT2D eigenvalue weighted by molar-refractivity contribution is 5.74. The fraction of sp³-hybridized carbons (Fsp3) is 0.923. The third-order valence-corrected chi connectivity index (χ3v) is 3.84. The Balaban J connectivity index is 1.55. The first-order chi connectivity index (χ1) is 8.29. The van der Waals surface area contributed by atoms with Crippen molar-refractivity contribution in [3.8, 4) is 0 Å². The minimum atomic E-state index is 0.0174. The molecule has 2 rings (SSSR count). The zero-order valence-electron chi connectivity index (χ0n) is 10.9. The zero-order valence-corrected chi connectivity index (χ0v) is 10.9. The standard InChI is InChI=1S/C13H25N3O/c1-2-16(12-7-8-12)10-9-14-13(17)15-11-5-3-4-6-11/h11-12H,2-10H2,1H3,(H2,14,15,17). The summed E-state index contributed by atoms with van der Waals surface area (Å²) in [5.74, 6) is 0. The van der Waals surface area contributed by atoms with Gasteiger partial charge in [-0.2, -0.15) is 0 Å². The lowest BCUT2D eigenvalue weighted by atomic mass is 10.2. The Morgan fingerprint density at radius 1 is 1.24 bits per heavy atom. The summed E-state index contributed by atoms with van der Waals surface area (Å²) in [6.45, 7) is 5.04. The molecule has 2 fully saturated rings. The van der Waals surface area contributed by atoms with Crippen LogP contribution in [-0.2, 0) is 0 Å². The number of hydrogen-bond donors (Lipinski definition) is 2. The van der Waals surface area contributed by atoms with Gasteiger partial charge in [0, 0.05) is 25.2 Å². The maximum absolute atomic E-state index is 11.6. The van der Waals surface area contributed by atoms with Gasteiger partial charge < -0.3 is 10.6 Å². The molecule has 0 aliphatic heterocycles. The van der Waals surface area contributed by atoms with Crippen molar-refractivity contribution in [3.05, 3.63) is 0 Å². The van der Waals surface area contributed by atoms with Crippen LogP contribution in [0.15, 0.2) is 0 Å². The van der Waals surface area contributed by atoms with E-state index >= 15 is 0 Å². The maximum Gasteiger partial charge on any atom is 0.315 e. The van der Waals surface area contributed by atoms with Crippen LogP contribution in [-0.4, -0.2) is 42.6 Å². The molecule has 17 heavy (non-hydrogen) atoms. The lowest BCUT2D eigenvalue weighted by Gasteiger charge is -2.20. The molecule has 2 aliphatic carbocycles. The third kappa shape index (κ3) is 4.19. The lowest BCUT2D eigenvalue weighted by Crippen LogP contribution is -2.44. The van der Waals surface area contributed by atoms with E-state index in [2.05, 4.69) is 22.5 Å². The van der Waals surface area contributed by atoms with Gasteiger partial charge >= 0.3 is 6.03 Å². The Morgan fingerprint density at radius 3 is 2.53 bits per heavy atom. The van der Waals surface area contributed by atoms with E-state index in [1.807, 2.05) is 0 Å². The first-order valence-corrected chi connectivity index (χ1v) is 7.08. The number of urea groups is 1. The molecule has 0 radical (unpaired) electrons. The van der Waals surface area contributed by atoms with E-state index in [0.717, 1.165) is 38.5 Å². The first-order valence-electron chi connectivity index (χ1n) is 7.08. The van der Waals surface area contributed by atoms with Gasteiger partial charge in [-0.05, 0) is 32.2 Å². The Hall–Kier alpha value is -0.770. The van der Waals surface area contributed by atoms with Crippen molar-refractivity contribution in [2.75, 3.05) is 19.6 Å². The fourth-order valence-electron chi connectivity index (χ4n) is 2.66. The molecule has 4 nitrogen and oxygen atoms in total. The second-order valence-corrected chi connectivity index (χ2v) is 5.24. The number of carbonyl (C=O) groups excluding carboxylic acids is 1. The van der Waals surface area contributed by atoms with Gasteiger partial charge in [0.05, 0.1) is 0 Å². The van der Waals surface area contributed by atoms with Crippen LogP contribution in [0.5, 0.6) is 0 Å². The highest BCUT2D eigenvalue weighted by Gasteiger charge is 2.27. The fourth-order valence-corrected chi connectivity index (χ4v) is 2.66. The minimum absolute atomic E-state index is 0.0174. The average molecular weight is 239 g/mol. The summed E-state index contributed by atoms with van der Waals surface area (Å²) in [4.78, 5) is 14.1. The van der Waals surface area contributed by atoms with E-state index in [1.54, 1.807) is 0 Å². The van der Waals surface area contributed by atoms with E-state index < -0.39 is 0 Å². The van der Waals surface area contributed by atoms with Crippen molar-refractivity contribution >= 4 is 6.03 Å². The molecule has 2 amide bonds. The molecule has 0 aromatic carbocycles. The SMILES string of the molecule is CCN(CCNC(=O)NC1CCCC1)C1CC1. The minimum Gasteiger partial charge on any atom is -0.337 e. The van der Waals surface area contributed by atoms with Crippen LogP contribution in [0.25, 0.3) is 0 Å². The molecule has 2 aliphatic rings. The monoisotopic (exact) mass is 239 g/mol. The summed E-state index contributed by atoms with van der Waals surface area (Å²) in [7, 11) is 0. The highest BCUT2D eigenvalue weighted by atomic mass is 16.2. The van der Waals surface area contributed by atoms with Gasteiger partial charge in [-0.3, -0.25) is 4.90 Å². The Labute approximate surface area is 104 Å². The molecule has 0 aromatic heterocycles. The molecule has 0 atom stereocenters. The summed E-state index contributed by atoms with van der Waals surface area (Å²) in [5.41, 5.74) is 0. The summed E-state index contributed by atoms with van der Waals surface area (Å²) in [6, 6.07) is 1.23. The van der Waals surface area contributed by atoms with Gasteiger partial charge in [-0.15, -0.1) is 0 Å². The molecule has 2 saturated carbocycles. The van der Waals surface area contributed by atoms with Crippen molar-refractivity contribution in [2.24, 2.45) is 0 Å². The average Bonchev–Trinajstić information content (AvgIpc) is 3.03. The molecule has 2 N–H and O–H groups in total. The normalized spacial score (nSPS) is 20.8. The second kappa shape index (κ2) is 6.24. The number of hydrogen-bond acceptors (Lipinski definition) is 2. The van der Waals surface area contributed by atoms with Gasteiger partial charge in [-0.25, -0.2) is 4.79 Å². The van der Waals surface area contributed by atoms with Crippen molar-refractivity contribution < 1.29 is 4.79 Å². The van der Waals surface area contributed by atoms with E-state index in [-0.39, 0.29) is 6.03 Å². The Morgan fingerprint density at radius 2 is 1.94 bits per heavy atom. The van der Waals surface area contributed by atoms with Crippen molar-refractivity contribution in [1.82, 2.24) is 15.5 Å². The van der Waals surface area contributed by atoms with Gasteiger partial charge in [-0.1, -0.05) is 19.8 Å². The molecule has 0 unspecified atom stereocenters. The van der Waals surface area contributed by atoms with Crippen LogP contribution in [0.3, 0.4) is 0 Å². The smallest absolute Gasteiger partial charge is 0.315 e. The largest absolute Gasteiger partial charge is 0.337 e. The van der Waals surface area contributed by atoms with Crippen LogP contribution in [0, 0.1) is 0 Å².